The van der Waals surface area contributed by atoms with E-state index in [0.717, 1.165) is 17.4 Å². The summed E-state index contributed by atoms with van der Waals surface area (Å²) in [5.41, 5.74) is 0.550. The van der Waals surface area contributed by atoms with Gasteiger partial charge in [-0.25, -0.2) is 9.18 Å². The molecule has 19 heavy (non-hydrogen) atoms. The molecule has 3 nitrogen and oxygen atoms in total. The largest absolute Gasteiger partial charge is 0.478 e. The monoisotopic (exact) mass is 263 g/mol. The number of carboxylic acid groups (broad SMARTS) is 1. The van der Waals surface area contributed by atoms with Crippen LogP contribution in [0.2, 0.25) is 0 Å². The number of aromatic carboxylic acids is 1. The average molecular weight is 263 g/mol. The highest BCUT2D eigenvalue weighted by molar-refractivity contribution is 5.87. The lowest BCUT2D eigenvalue weighted by Crippen LogP contribution is -2.33. The minimum Gasteiger partial charge on any atom is -0.478 e. The highest BCUT2D eigenvalue weighted by atomic mass is 19.1. The molecule has 2 bridgehead atoms. The summed E-state index contributed by atoms with van der Waals surface area (Å²) in [7, 11) is 0. The summed E-state index contributed by atoms with van der Waals surface area (Å²) in [5, 5.41) is 12.3. The van der Waals surface area contributed by atoms with Crippen LogP contribution in [0.15, 0.2) is 18.2 Å². The first kappa shape index (κ1) is 12.6. The molecule has 3 rings (SSSR count). The molecule has 0 saturated heterocycles. The van der Waals surface area contributed by atoms with Crippen LogP contribution in [-0.4, -0.2) is 17.1 Å². The van der Waals surface area contributed by atoms with Gasteiger partial charge in [-0.05, 0) is 48.8 Å². The Bertz CT molecular complexity index is 503. The number of hydrogen-bond donors (Lipinski definition) is 2. The van der Waals surface area contributed by atoms with Crippen molar-refractivity contribution in [2.45, 2.75) is 38.3 Å². The maximum Gasteiger partial charge on any atom is 0.338 e. The second kappa shape index (κ2) is 4.93. The van der Waals surface area contributed by atoms with Crippen LogP contribution < -0.4 is 5.32 Å². The third kappa shape index (κ3) is 2.50. The highest BCUT2D eigenvalue weighted by Gasteiger charge is 2.38. The Kier molecular flexibility index (Phi) is 3.27. The maximum absolute atomic E-state index is 13.5. The number of fused-ring (bicyclic) bond motifs is 2. The van der Waals surface area contributed by atoms with E-state index in [1.807, 2.05) is 0 Å². The lowest BCUT2D eigenvalue weighted by atomic mass is 9.95. The van der Waals surface area contributed by atoms with E-state index in [9.17, 15) is 9.18 Å². The lowest BCUT2D eigenvalue weighted by molar-refractivity contribution is 0.0692. The first-order valence-electron chi connectivity index (χ1n) is 6.88. The minimum atomic E-state index is -1.22. The summed E-state index contributed by atoms with van der Waals surface area (Å²) in [5.74, 6) is -0.202. The summed E-state index contributed by atoms with van der Waals surface area (Å²) in [6.45, 7) is 0.616. The second-order valence-corrected chi connectivity index (χ2v) is 5.78. The van der Waals surface area contributed by atoms with Gasteiger partial charge in [0.1, 0.15) is 5.82 Å². The Morgan fingerprint density at radius 3 is 2.79 bits per heavy atom. The molecule has 2 fully saturated rings. The molecular formula is C15H18FNO2. The molecule has 2 aliphatic rings. The quantitative estimate of drug-likeness (QED) is 0.878. The van der Waals surface area contributed by atoms with Gasteiger partial charge in [-0.2, -0.15) is 0 Å². The van der Waals surface area contributed by atoms with E-state index in [0.29, 0.717) is 12.6 Å². The van der Waals surface area contributed by atoms with Gasteiger partial charge in [-0.3, -0.25) is 0 Å². The summed E-state index contributed by atoms with van der Waals surface area (Å²) < 4.78 is 13.5. The maximum atomic E-state index is 13.5. The van der Waals surface area contributed by atoms with Gasteiger partial charge in [0.05, 0.1) is 5.56 Å². The highest BCUT2D eigenvalue weighted by Crippen LogP contribution is 2.44. The van der Waals surface area contributed by atoms with Crippen molar-refractivity contribution in [1.82, 2.24) is 5.32 Å². The number of carboxylic acids is 1. The van der Waals surface area contributed by atoms with Gasteiger partial charge in [0.25, 0.3) is 0 Å². The van der Waals surface area contributed by atoms with Gasteiger partial charge in [0, 0.05) is 12.6 Å². The van der Waals surface area contributed by atoms with E-state index in [1.165, 1.54) is 37.8 Å². The topological polar surface area (TPSA) is 49.3 Å². The van der Waals surface area contributed by atoms with Crippen LogP contribution in [0.25, 0.3) is 0 Å². The van der Waals surface area contributed by atoms with Crippen molar-refractivity contribution >= 4 is 5.97 Å². The zero-order chi connectivity index (χ0) is 13.4. The van der Waals surface area contributed by atoms with E-state index in [2.05, 4.69) is 5.32 Å². The number of hydrogen-bond acceptors (Lipinski definition) is 2. The molecule has 3 atom stereocenters. The van der Waals surface area contributed by atoms with Gasteiger partial charge in [0.15, 0.2) is 0 Å². The molecule has 2 saturated carbocycles. The van der Waals surface area contributed by atoms with Crippen LogP contribution in [0, 0.1) is 17.7 Å². The first-order chi connectivity index (χ1) is 9.13. The average Bonchev–Trinajstić information content (AvgIpc) is 2.98. The molecule has 0 amide bonds. The molecule has 0 heterocycles. The molecule has 1 aromatic rings. The molecule has 4 heteroatoms. The Morgan fingerprint density at radius 1 is 1.37 bits per heavy atom. The predicted molar refractivity (Wildman–Crippen MR) is 69.4 cm³/mol. The standard InChI is InChI=1S/C15H18FNO2/c16-13-6-10(2-4-12(13)15(18)19)8-17-14-7-9-1-3-11(14)5-9/h2,4,6,9,11,14,17H,1,3,5,7-8H2,(H,18,19). The van der Waals surface area contributed by atoms with Crippen molar-refractivity contribution < 1.29 is 14.3 Å². The molecule has 3 unspecified atom stereocenters. The lowest BCUT2D eigenvalue weighted by Gasteiger charge is -2.23. The first-order valence-corrected chi connectivity index (χ1v) is 6.88. The fourth-order valence-corrected chi connectivity index (χ4v) is 3.59. The van der Waals surface area contributed by atoms with Crippen LogP contribution >= 0.6 is 0 Å². The van der Waals surface area contributed by atoms with Crippen LogP contribution in [0.3, 0.4) is 0 Å². The van der Waals surface area contributed by atoms with E-state index in [1.54, 1.807) is 6.07 Å². The molecule has 0 spiro atoms. The van der Waals surface area contributed by atoms with E-state index in [4.69, 9.17) is 5.11 Å². The zero-order valence-corrected chi connectivity index (χ0v) is 10.7. The van der Waals surface area contributed by atoms with E-state index < -0.39 is 11.8 Å². The van der Waals surface area contributed by atoms with Crippen LogP contribution in [0.4, 0.5) is 4.39 Å². The predicted octanol–water partition coefficient (Wildman–Crippen LogP) is 2.80. The van der Waals surface area contributed by atoms with Crippen molar-refractivity contribution in [2.24, 2.45) is 11.8 Å². The zero-order valence-electron chi connectivity index (χ0n) is 10.7. The van der Waals surface area contributed by atoms with Gasteiger partial charge in [-0.1, -0.05) is 12.5 Å². The fraction of sp³-hybridized carbons (Fsp3) is 0.533. The normalized spacial score (nSPS) is 28.8. The number of benzene rings is 1. The SMILES string of the molecule is O=C(O)c1ccc(CNC2CC3CCC2C3)cc1F. The molecule has 0 radical (unpaired) electrons. The Morgan fingerprint density at radius 2 is 2.21 bits per heavy atom. The molecule has 0 aromatic heterocycles. The molecule has 2 N–H and O–H groups in total. The third-order valence-electron chi connectivity index (χ3n) is 4.57. The van der Waals surface area contributed by atoms with Crippen molar-refractivity contribution in [3.05, 3.63) is 35.1 Å². The van der Waals surface area contributed by atoms with Crippen molar-refractivity contribution in [3.63, 3.8) is 0 Å². The van der Waals surface area contributed by atoms with Crippen LogP contribution in [0.5, 0.6) is 0 Å². The Balaban J connectivity index is 1.61. The summed E-state index contributed by atoms with van der Waals surface area (Å²) in [6.07, 6.45) is 5.25. The molecule has 0 aliphatic heterocycles. The second-order valence-electron chi connectivity index (χ2n) is 5.78. The molecule has 102 valence electrons. The van der Waals surface area contributed by atoms with Gasteiger partial charge < -0.3 is 10.4 Å². The number of halogens is 1. The third-order valence-corrected chi connectivity index (χ3v) is 4.57. The van der Waals surface area contributed by atoms with E-state index >= 15 is 0 Å². The smallest absolute Gasteiger partial charge is 0.338 e. The van der Waals surface area contributed by atoms with Crippen molar-refractivity contribution in [2.75, 3.05) is 0 Å². The van der Waals surface area contributed by atoms with Crippen LogP contribution in [0.1, 0.15) is 41.6 Å². The number of carbonyl (C=O) groups is 1. The number of rotatable bonds is 4. The van der Waals surface area contributed by atoms with Gasteiger partial charge >= 0.3 is 5.97 Å². The number of nitrogens with one attached hydrogen (secondary N) is 1. The molecule has 2 aliphatic carbocycles. The molecule has 1 aromatic carbocycles. The van der Waals surface area contributed by atoms with Gasteiger partial charge in [0.2, 0.25) is 0 Å². The van der Waals surface area contributed by atoms with Crippen molar-refractivity contribution in [1.29, 1.82) is 0 Å². The van der Waals surface area contributed by atoms with Crippen molar-refractivity contribution in [3.8, 4) is 0 Å². The van der Waals surface area contributed by atoms with E-state index in [-0.39, 0.29) is 5.56 Å². The summed E-state index contributed by atoms with van der Waals surface area (Å²) in [4.78, 5) is 10.7. The summed E-state index contributed by atoms with van der Waals surface area (Å²) >= 11 is 0. The van der Waals surface area contributed by atoms with Gasteiger partial charge in [-0.15, -0.1) is 0 Å². The summed E-state index contributed by atoms with van der Waals surface area (Å²) in [6, 6.07) is 4.91. The Hall–Kier alpha value is -1.42. The fourth-order valence-electron chi connectivity index (χ4n) is 3.59. The Labute approximate surface area is 111 Å². The molecular weight excluding hydrogens is 245 g/mol. The minimum absolute atomic E-state index is 0.260. The van der Waals surface area contributed by atoms with Crippen LogP contribution in [-0.2, 0) is 6.54 Å².